The molecule has 1 atom stereocenters. The third-order valence-electron chi connectivity index (χ3n) is 1.23. The van der Waals surface area contributed by atoms with Crippen LogP contribution < -0.4 is 5.32 Å². The van der Waals surface area contributed by atoms with Crippen molar-refractivity contribution in [3.8, 4) is 6.07 Å². The van der Waals surface area contributed by atoms with Gasteiger partial charge in [-0.2, -0.15) is 5.26 Å². The van der Waals surface area contributed by atoms with Gasteiger partial charge < -0.3 is 10.1 Å². The summed E-state index contributed by atoms with van der Waals surface area (Å²) in [5, 5.41) is 10.6. The van der Waals surface area contributed by atoms with E-state index in [0.717, 1.165) is 0 Å². The van der Waals surface area contributed by atoms with Gasteiger partial charge in [0.1, 0.15) is 6.23 Å². The maximum atomic E-state index is 10.3. The van der Waals surface area contributed by atoms with Crippen LogP contribution in [0.5, 0.6) is 0 Å². The summed E-state index contributed by atoms with van der Waals surface area (Å²) >= 11 is 0. The molecule has 1 unspecified atom stereocenters. The highest BCUT2D eigenvalue weighted by molar-refractivity contribution is 5.82. The summed E-state index contributed by atoms with van der Waals surface area (Å²) in [6, 6.07) is 1.94. The molecule has 0 aromatic heterocycles. The summed E-state index contributed by atoms with van der Waals surface area (Å²) in [6.07, 6.45) is 0.679. The van der Waals surface area contributed by atoms with Crippen molar-refractivity contribution in [2.75, 3.05) is 6.61 Å². The zero-order valence-electron chi connectivity index (χ0n) is 5.46. The zero-order chi connectivity index (χ0) is 7.40. The lowest BCUT2D eigenvalue weighted by Gasteiger charge is -2.26. The number of nitrogens with one attached hydrogen (secondary N) is 1. The number of nitriles is 1. The Morgan fingerprint density at radius 1 is 1.90 bits per heavy atom. The molecule has 1 heterocycles. The Morgan fingerprint density at radius 2 is 2.60 bits per heavy atom. The first-order valence-corrected chi connectivity index (χ1v) is 3.11. The number of nitrogens with zero attached hydrogens (tertiary/aromatic N) is 1. The Balaban J connectivity index is 1.96. The summed E-state index contributed by atoms with van der Waals surface area (Å²) in [4.78, 5) is 10.3. The Morgan fingerprint density at radius 3 is 3.10 bits per heavy atom. The molecule has 10 heavy (non-hydrogen) atoms. The van der Waals surface area contributed by atoms with Crippen molar-refractivity contribution in [2.45, 2.75) is 19.1 Å². The molecule has 1 saturated heterocycles. The molecule has 0 saturated carbocycles. The highest BCUT2D eigenvalue weighted by Gasteiger charge is 2.25. The van der Waals surface area contributed by atoms with Gasteiger partial charge in [-0.25, -0.2) is 0 Å². The minimum atomic E-state index is -0.138. The SMILES string of the molecule is N#CCCOC1CC(=O)N1. The van der Waals surface area contributed by atoms with Crippen LogP contribution in [0.3, 0.4) is 0 Å². The van der Waals surface area contributed by atoms with Crippen LogP contribution in [0.25, 0.3) is 0 Å². The fraction of sp³-hybridized carbons (Fsp3) is 0.667. The molecule has 0 aliphatic carbocycles. The molecule has 0 radical (unpaired) electrons. The van der Waals surface area contributed by atoms with Crippen molar-refractivity contribution in [1.29, 1.82) is 5.26 Å². The number of amides is 1. The minimum Gasteiger partial charge on any atom is -0.357 e. The molecule has 0 bridgehead atoms. The molecule has 4 heteroatoms. The van der Waals surface area contributed by atoms with Crippen LogP contribution in [0.2, 0.25) is 0 Å². The molecule has 1 rings (SSSR count). The van der Waals surface area contributed by atoms with Crippen molar-refractivity contribution >= 4 is 5.91 Å². The van der Waals surface area contributed by atoms with Crippen molar-refractivity contribution in [3.05, 3.63) is 0 Å². The van der Waals surface area contributed by atoms with Gasteiger partial charge in [-0.05, 0) is 0 Å². The van der Waals surface area contributed by atoms with Crippen LogP contribution in [0.4, 0.5) is 0 Å². The van der Waals surface area contributed by atoms with Crippen molar-refractivity contribution in [2.24, 2.45) is 0 Å². The normalized spacial score (nSPS) is 22.7. The monoisotopic (exact) mass is 140 g/mol. The van der Waals surface area contributed by atoms with E-state index in [9.17, 15) is 4.79 Å². The quantitative estimate of drug-likeness (QED) is 0.434. The second kappa shape index (κ2) is 3.18. The van der Waals surface area contributed by atoms with Crippen LogP contribution in [-0.4, -0.2) is 18.7 Å². The van der Waals surface area contributed by atoms with Gasteiger partial charge in [0, 0.05) is 0 Å². The fourth-order valence-electron chi connectivity index (χ4n) is 0.674. The summed E-state index contributed by atoms with van der Waals surface area (Å²) in [6.45, 7) is 0.404. The summed E-state index contributed by atoms with van der Waals surface area (Å²) in [7, 11) is 0. The van der Waals surface area contributed by atoms with Crippen molar-refractivity contribution < 1.29 is 9.53 Å². The predicted molar refractivity (Wildman–Crippen MR) is 32.7 cm³/mol. The first-order valence-electron chi connectivity index (χ1n) is 3.11. The average Bonchev–Trinajstić information content (AvgIpc) is 1.85. The Kier molecular flexibility index (Phi) is 2.24. The van der Waals surface area contributed by atoms with E-state index < -0.39 is 0 Å². The average molecular weight is 140 g/mol. The Bertz CT molecular complexity index is 165. The van der Waals surface area contributed by atoms with Crippen molar-refractivity contribution in [1.82, 2.24) is 5.32 Å². The standard InChI is InChI=1S/C6H8N2O2/c7-2-1-3-10-6-4-5(9)8-6/h6H,1,3-4H2,(H,8,9). The molecule has 1 amide bonds. The topological polar surface area (TPSA) is 62.1 Å². The highest BCUT2D eigenvalue weighted by atomic mass is 16.5. The maximum Gasteiger partial charge on any atom is 0.226 e. The number of hydrogen-bond acceptors (Lipinski definition) is 3. The number of hydrogen-bond donors (Lipinski definition) is 1. The lowest BCUT2D eigenvalue weighted by Crippen LogP contribution is -2.50. The smallest absolute Gasteiger partial charge is 0.226 e. The van der Waals surface area contributed by atoms with E-state index >= 15 is 0 Å². The maximum absolute atomic E-state index is 10.3. The zero-order valence-corrected chi connectivity index (χ0v) is 5.46. The molecule has 1 aliphatic heterocycles. The number of β-lactam (4-membered cyclic amide) rings is 1. The van der Waals surface area contributed by atoms with E-state index in [1.165, 1.54) is 0 Å². The van der Waals surface area contributed by atoms with Gasteiger partial charge in [-0.15, -0.1) is 0 Å². The van der Waals surface area contributed by atoms with E-state index in [1.807, 2.05) is 6.07 Å². The largest absolute Gasteiger partial charge is 0.357 e. The fourth-order valence-corrected chi connectivity index (χ4v) is 0.674. The lowest BCUT2D eigenvalue weighted by molar-refractivity contribution is -0.140. The van der Waals surface area contributed by atoms with Crippen LogP contribution in [0, 0.1) is 11.3 Å². The molecule has 0 aromatic carbocycles. The number of carbonyl (C=O) groups is 1. The van der Waals surface area contributed by atoms with E-state index in [4.69, 9.17) is 10.00 Å². The van der Waals surface area contributed by atoms with Gasteiger partial charge in [0.25, 0.3) is 0 Å². The second-order valence-electron chi connectivity index (χ2n) is 2.04. The first-order chi connectivity index (χ1) is 4.83. The van der Waals surface area contributed by atoms with E-state index in [-0.39, 0.29) is 12.1 Å². The third kappa shape index (κ3) is 1.71. The molecule has 1 N–H and O–H groups in total. The third-order valence-corrected chi connectivity index (χ3v) is 1.23. The van der Waals surface area contributed by atoms with E-state index in [0.29, 0.717) is 19.4 Å². The van der Waals surface area contributed by atoms with Crippen molar-refractivity contribution in [3.63, 3.8) is 0 Å². The molecule has 0 spiro atoms. The molecular formula is C6H8N2O2. The summed E-state index contributed by atoms with van der Waals surface area (Å²) in [5.74, 6) is 0.0157. The van der Waals surface area contributed by atoms with Gasteiger partial charge in [-0.1, -0.05) is 0 Å². The van der Waals surface area contributed by atoms with Crippen LogP contribution >= 0.6 is 0 Å². The van der Waals surface area contributed by atoms with Gasteiger partial charge >= 0.3 is 0 Å². The predicted octanol–water partition coefficient (Wildman–Crippen LogP) is -0.237. The van der Waals surface area contributed by atoms with E-state index in [2.05, 4.69) is 5.32 Å². The number of ether oxygens (including phenoxy) is 1. The van der Waals surface area contributed by atoms with Gasteiger partial charge in [0.2, 0.25) is 5.91 Å². The summed E-state index contributed by atoms with van der Waals surface area (Å²) < 4.78 is 5.03. The van der Waals surface area contributed by atoms with Gasteiger partial charge in [0.05, 0.1) is 25.5 Å². The van der Waals surface area contributed by atoms with Crippen LogP contribution in [0.1, 0.15) is 12.8 Å². The van der Waals surface area contributed by atoms with Gasteiger partial charge in [0.15, 0.2) is 0 Å². The molecule has 0 aromatic rings. The molecule has 1 fully saturated rings. The molecule has 1 aliphatic rings. The second-order valence-corrected chi connectivity index (χ2v) is 2.04. The Hall–Kier alpha value is -1.08. The van der Waals surface area contributed by atoms with Gasteiger partial charge in [-0.3, -0.25) is 4.79 Å². The highest BCUT2D eigenvalue weighted by Crippen LogP contribution is 2.04. The van der Waals surface area contributed by atoms with E-state index in [1.54, 1.807) is 0 Å². The molecule has 54 valence electrons. The minimum absolute atomic E-state index is 0.0157. The number of rotatable bonds is 3. The first kappa shape index (κ1) is 7.03. The summed E-state index contributed by atoms with van der Waals surface area (Å²) in [5.41, 5.74) is 0. The number of carbonyl (C=O) groups excluding carboxylic acids is 1. The lowest BCUT2D eigenvalue weighted by atomic mass is 10.2. The molecule has 4 nitrogen and oxygen atoms in total. The van der Waals surface area contributed by atoms with Crippen LogP contribution in [-0.2, 0) is 9.53 Å². The molecular weight excluding hydrogens is 132 g/mol. The Labute approximate surface area is 58.8 Å². The van der Waals surface area contributed by atoms with Crippen LogP contribution in [0.15, 0.2) is 0 Å².